The highest BCUT2D eigenvalue weighted by atomic mass is 16.5. The van der Waals surface area contributed by atoms with Crippen molar-refractivity contribution >= 4 is 11.3 Å². The number of nitrogens with zero attached hydrogens (tertiary/aromatic N) is 4. The van der Waals surface area contributed by atoms with Gasteiger partial charge in [0, 0.05) is 23.9 Å². The monoisotopic (exact) mass is 381 g/mol. The number of anilines is 1. The zero-order chi connectivity index (χ0) is 19.8. The SMILES string of the molecule is N#Cc1ccccc1Oc1ccc(-c2nc(C3CCC3)n3ccnc(N)c23)cc1. The maximum Gasteiger partial charge on any atom is 0.150 e. The van der Waals surface area contributed by atoms with E-state index in [0.29, 0.717) is 28.8 Å². The van der Waals surface area contributed by atoms with E-state index in [2.05, 4.69) is 15.5 Å². The molecule has 0 amide bonds. The molecule has 0 atom stereocenters. The Labute approximate surface area is 168 Å². The number of benzene rings is 2. The summed E-state index contributed by atoms with van der Waals surface area (Å²) >= 11 is 0. The van der Waals surface area contributed by atoms with Crippen molar-refractivity contribution in [3.8, 4) is 28.8 Å². The molecule has 6 heteroatoms. The van der Waals surface area contributed by atoms with E-state index in [1.54, 1.807) is 18.3 Å². The molecule has 0 unspecified atom stereocenters. The summed E-state index contributed by atoms with van der Waals surface area (Å²) < 4.78 is 7.97. The largest absolute Gasteiger partial charge is 0.456 e. The first-order valence-corrected chi connectivity index (χ1v) is 9.64. The standard InChI is InChI=1S/C23H19N5O/c24-14-17-4-1-2-7-19(17)29-18-10-8-15(9-11-18)20-21-22(25)26-12-13-28(21)23(27-20)16-5-3-6-16/h1-2,4,7-13,16H,3,5-6H2,(H2,25,26). The minimum absolute atomic E-state index is 0.475. The van der Waals surface area contributed by atoms with Gasteiger partial charge in [-0.3, -0.25) is 4.40 Å². The number of fused-ring (bicyclic) bond motifs is 1. The van der Waals surface area contributed by atoms with Gasteiger partial charge in [-0.25, -0.2) is 9.97 Å². The molecular weight excluding hydrogens is 362 g/mol. The fourth-order valence-electron chi connectivity index (χ4n) is 3.70. The van der Waals surface area contributed by atoms with Gasteiger partial charge in [0.25, 0.3) is 0 Å². The number of hydrogen-bond acceptors (Lipinski definition) is 5. The number of hydrogen-bond donors (Lipinski definition) is 1. The fraction of sp³-hybridized carbons (Fsp3) is 0.174. The van der Waals surface area contributed by atoms with Gasteiger partial charge in [-0.05, 0) is 49.2 Å². The summed E-state index contributed by atoms with van der Waals surface area (Å²) in [5.74, 6) is 3.20. The van der Waals surface area contributed by atoms with Gasteiger partial charge >= 0.3 is 0 Å². The van der Waals surface area contributed by atoms with E-state index in [4.69, 9.17) is 15.5 Å². The molecule has 0 saturated heterocycles. The Kier molecular flexibility index (Phi) is 4.14. The number of imidazole rings is 1. The molecule has 1 aliphatic carbocycles. The third-order valence-electron chi connectivity index (χ3n) is 5.44. The van der Waals surface area contributed by atoms with Gasteiger partial charge in [-0.15, -0.1) is 0 Å². The Bertz CT molecular complexity index is 1230. The Morgan fingerprint density at radius 1 is 1.10 bits per heavy atom. The molecule has 29 heavy (non-hydrogen) atoms. The van der Waals surface area contributed by atoms with Gasteiger partial charge in [0.2, 0.25) is 0 Å². The summed E-state index contributed by atoms with van der Waals surface area (Å²) in [5.41, 5.74) is 9.34. The van der Waals surface area contributed by atoms with Crippen LogP contribution < -0.4 is 10.5 Å². The average molecular weight is 381 g/mol. The minimum Gasteiger partial charge on any atom is -0.456 e. The second-order valence-electron chi connectivity index (χ2n) is 7.21. The van der Waals surface area contributed by atoms with Gasteiger partial charge in [0.1, 0.15) is 40.4 Å². The molecule has 2 N–H and O–H groups in total. The van der Waals surface area contributed by atoms with Crippen molar-refractivity contribution in [1.29, 1.82) is 5.26 Å². The molecule has 0 bridgehead atoms. The van der Waals surface area contributed by atoms with Crippen molar-refractivity contribution < 1.29 is 4.74 Å². The highest BCUT2D eigenvalue weighted by Gasteiger charge is 2.26. The molecule has 2 aromatic carbocycles. The molecule has 6 nitrogen and oxygen atoms in total. The predicted octanol–water partition coefficient (Wildman–Crippen LogP) is 4.91. The first kappa shape index (κ1) is 17.3. The highest BCUT2D eigenvalue weighted by molar-refractivity contribution is 5.85. The fourth-order valence-corrected chi connectivity index (χ4v) is 3.70. The quantitative estimate of drug-likeness (QED) is 0.542. The molecule has 2 aromatic heterocycles. The van der Waals surface area contributed by atoms with Crippen molar-refractivity contribution in [2.75, 3.05) is 5.73 Å². The van der Waals surface area contributed by atoms with Crippen LogP contribution >= 0.6 is 0 Å². The molecule has 2 heterocycles. The van der Waals surface area contributed by atoms with Gasteiger partial charge < -0.3 is 10.5 Å². The van der Waals surface area contributed by atoms with Gasteiger partial charge in [0.15, 0.2) is 0 Å². The van der Waals surface area contributed by atoms with E-state index in [1.807, 2.05) is 42.6 Å². The second kappa shape index (κ2) is 6.95. The number of rotatable bonds is 4. The first-order valence-electron chi connectivity index (χ1n) is 9.64. The number of nitriles is 1. The Morgan fingerprint density at radius 3 is 2.62 bits per heavy atom. The Hall–Kier alpha value is -3.85. The van der Waals surface area contributed by atoms with E-state index in [1.165, 1.54) is 6.42 Å². The van der Waals surface area contributed by atoms with Crippen LogP contribution in [0.3, 0.4) is 0 Å². The van der Waals surface area contributed by atoms with Crippen LogP contribution in [0.25, 0.3) is 16.8 Å². The molecule has 142 valence electrons. The van der Waals surface area contributed by atoms with Crippen LogP contribution in [0.4, 0.5) is 5.82 Å². The highest BCUT2D eigenvalue weighted by Crippen LogP contribution is 2.39. The van der Waals surface area contributed by atoms with Crippen LogP contribution in [0.2, 0.25) is 0 Å². The smallest absolute Gasteiger partial charge is 0.150 e. The number of nitrogens with two attached hydrogens (primary N) is 1. The summed E-state index contributed by atoms with van der Waals surface area (Å²) in [6, 6.07) is 17.0. The van der Waals surface area contributed by atoms with Crippen molar-refractivity contribution in [2.24, 2.45) is 0 Å². The number of ether oxygens (including phenoxy) is 1. The third-order valence-corrected chi connectivity index (χ3v) is 5.44. The molecule has 1 saturated carbocycles. The van der Waals surface area contributed by atoms with Crippen LogP contribution in [0.5, 0.6) is 11.5 Å². The molecule has 1 fully saturated rings. The van der Waals surface area contributed by atoms with Crippen molar-refractivity contribution in [3.63, 3.8) is 0 Å². The molecule has 0 radical (unpaired) electrons. The molecular formula is C23H19N5O. The lowest BCUT2D eigenvalue weighted by atomic mass is 9.85. The van der Waals surface area contributed by atoms with Gasteiger partial charge in [0.05, 0.1) is 5.56 Å². The molecule has 5 rings (SSSR count). The van der Waals surface area contributed by atoms with Crippen LogP contribution in [0.15, 0.2) is 60.9 Å². The minimum atomic E-state index is 0.475. The van der Waals surface area contributed by atoms with Crippen molar-refractivity contribution in [2.45, 2.75) is 25.2 Å². The summed E-state index contributed by atoms with van der Waals surface area (Å²) in [5, 5.41) is 9.23. The topological polar surface area (TPSA) is 89.2 Å². The van der Waals surface area contributed by atoms with E-state index < -0.39 is 0 Å². The van der Waals surface area contributed by atoms with E-state index >= 15 is 0 Å². The summed E-state index contributed by atoms with van der Waals surface area (Å²) in [7, 11) is 0. The van der Waals surface area contributed by atoms with E-state index in [-0.39, 0.29) is 0 Å². The lowest BCUT2D eigenvalue weighted by molar-refractivity contribution is 0.400. The molecule has 4 aromatic rings. The van der Waals surface area contributed by atoms with Crippen LogP contribution in [0, 0.1) is 11.3 Å². The lowest BCUT2D eigenvalue weighted by Crippen LogP contribution is -2.12. The second-order valence-corrected chi connectivity index (χ2v) is 7.21. The van der Waals surface area contributed by atoms with Crippen molar-refractivity contribution in [1.82, 2.24) is 14.4 Å². The normalized spacial score (nSPS) is 13.8. The van der Waals surface area contributed by atoms with Crippen molar-refractivity contribution in [3.05, 3.63) is 72.3 Å². The Morgan fingerprint density at radius 2 is 1.90 bits per heavy atom. The maximum absolute atomic E-state index is 9.23. The predicted molar refractivity (Wildman–Crippen MR) is 111 cm³/mol. The average Bonchev–Trinajstić information content (AvgIpc) is 3.08. The maximum atomic E-state index is 9.23. The van der Waals surface area contributed by atoms with Gasteiger partial charge in [-0.2, -0.15) is 5.26 Å². The zero-order valence-electron chi connectivity index (χ0n) is 15.7. The molecule has 0 spiro atoms. The van der Waals surface area contributed by atoms with Gasteiger partial charge in [-0.1, -0.05) is 18.6 Å². The lowest BCUT2D eigenvalue weighted by Gasteiger charge is -2.23. The first-order chi connectivity index (χ1) is 14.2. The zero-order valence-corrected chi connectivity index (χ0v) is 15.7. The van der Waals surface area contributed by atoms with Crippen LogP contribution in [-0.2, 0) is 0 Å². The van der Waals surface area contributed by atoms with E-state index in [0.717, 1.165) is 35.4 Å². The molecule has 0 aliphatic heterocycles. The number of aromatic nitrogens is 3. The summed E-state index contributed by atoms with van der Waals surface area (Å²) in [6.45, 7) is 0. The summed E-state index contributed by atoms with van der Waals surface area (Å²) in [4.78, 5) is 9.21. The van der Waals surface area contributed by atoms with E-state index in [9.17, 15) is 5.26 Å². The number of nitrogen functional groups attached to an aromatic ring is 1. The summed E-state index contributed by atoms with van der Waals surface area (Å²) in [6.07, 6.45) is 7.22. The third kappa shape index (κ3) is 2.97. The molecule has 1 aliphatic rings. The van der Waals surface area contributed by atoms with Crippen LogP contribution in [-0.4, -0.2) is 14.4 Å². The number of para-hydroxylation sites is 1. The Balaban J connectivity index is 1.52. The van der Waals surface area contributed by atoms with Crippen LogP contribution in [0.1, 0.15) is 36.6 Å².